The number of hydrogen-bond acceptors (Lipinski definition) is 3. The van der Waals surface area contributed by atoms with Crippen molar-refractivity contribution in [2.75, 3.05) is 12.3 Å². The van der Waals surface area contributed by atoms with Gasteiger partial charge in [-0.3, -0.25) is 0 Å². The van der Waals surface area contributed by atoms with Gasteiger partial charge in [-0.25, -0.2) is 13.1 Å². The zero-order valence-electron chi connectivity index (χ0n) is 11.1. The smallest absolute Gasteiger partial charge is 0.324 e. The predicted molar refractivity (Wildman–Crippen MR) is 71.8 cm³/mol. The van der Waals surface area contributed by atoms with E-state index in [1.807, 2.05) is 13.8 Å². The largest absolute Gasteiger partial charge is 0.389 e. The predicted octanol–water partition coefficient (Wildman–Crippen LogP) is 2.19. The van der Waals surface area contributed by atoms with E-state index in [1.54, 1.807) is 0 Å². The highest BCUT2D eigenvalue weighted by Gasteiger charge is 2.28. The van der Waals surface area contributed by atoms with E-state index < -0.39 is 40.3 Å². The normalized spacial score (nSPS) is 13.2. The van der Waals surface area contributed by atoms with Crippen molar-refractivity contribution in [2.24, 2.45) is 5.73 Å². The molecule has 3 N–H and O–H groups in total. The molecule has 0 aliphatic rings. The Kier molecular flexibility index (Phi) is 9.27. The molecule has 0 saturated carbocycles. The first kappa shape index (κ1) is 21.3. The molecule has 9 heteroatoms. The second-order valence-electron chi connectivity index (χ2n) is 4.43. The maximum absolute atomic E-state index is 11.9. The molecule has 0 aliphatic carbocycles. The minimum atomic E-state index is -4.32. The van der Waals surface area contributed by atoms with Gasteiger partial charge in [0.1, 0.15) is 0 Å². The topological polar surface area (TPSA) is 72.2 Å². The molecule has 0 amide bonds. The van der Waals surface area contributed by atoms with Gasteiger partial charge in [-0.1, -0.05) is 13.8 Å². The van der Waals surface area contributed by atoms with Crippen molar-refractivity contribution in [3.8, 4) is 0 Å². The van der Waals surface area contributed by atoms with Gasteiger partial charge in [0.05, 0.1) is 5.75 Å². The van der Waals surface area contributed by atoms with Crippen LogP contribution >= 0.6 is 12.4 Å². The number of rotatable bonds is 8. The minimum Gasteiger partial charge on any atom is -0.324 e. The van der Waals surface area contributed by atoms with E-state index in [2.05, 4.69) is 4.72 Å². The molecule has 19 heavy (non-hydrogen) atoms. The maximum Gasteiger partial charge on any atom is 0.389 e. The van der Waals surface area contributed by atoms with Crippen LogP contribution in [0.15, 0.2) is 0 Å². The highest BCUT2D eigenvalue weighted by Crippen LogP contribution is 2.21. The summed E-state index contributed by atoms with van der Waals surface area (Å²) in [5, 5.41) is 0. The molecule has 0 saturated heterocycles. The molecule has 0 radical (unpaired) electrons. The van der Waals surface area contributed by atoms with Crippen LogP contribution in [0.3, 0.4) is 0 Å². The minimum absolute atomic E-state index is 0. The Morgan fingerprint density at radius 1 is 1.16 bits per heavy atom. The monoisotopic (exact) mass is 326 g/mol. The number of nitrogens with two attached hydrogens (primary N) is 1. The first-order valence-corrected chi connectivity index (χ1v) is 7.52. The van der Waals surface area contributed by atoms with Gasteiger partial charge in [0.15, 0.2) is 0 Å². The Bertz CT molecular complexity index is 343. The van der Waals surface area contributed by atoms with E-state index in [-0.39, 0.29) is 19.0 Å². The van der Waals surface area contributed by atoms with Crippen LogP contribution in [-0.4, -0.2) is 32.4 Å². The molecule has 0 spiro atoms. The summed E-state index contributed by atoms with van der Waals surface area (Å²) >= 11 is 0. The summed E-state index contributed by atoms with van der Waals surface area (Å²) in [6, 6.07) is 0. The third kappa shape index (κ3) is 10.4. The Hall–Kier alpha value is -0.0500. The molecule has 0 aromatic rings. The van der Waals surface area contributed by atoms with Crippen LogP contribution in [0.1, 0.15) is 39.5 Å². The van der Waals surface area contributed by atoms with Gasteiger partial charge < -0.3 is 5.73 Å². The molecule has 0 bridgehead atoms. The van der Waals surface area contributed by atoms with Crippen molar-refractivity contribution in [1.82, 2.24) is 4.72 Å². The molecule has 0 unspecified atom stereocenters. The van der Waals surface area contributed by atoms with Gasteiger partial charge in [-0.05, 0) is 19.3 Å². The molecule has 0 aromatic carbocycles. The van der Waals surface area contributed by atoms with Gasteiger partial charge in [0, 0.05) is 18.5 Å². The fourth-order valence-corrected chi connectivity index (χ4v) is 2.46. The molecular weight excluding hydrogens is 305 g/mol. The van der Waals surface area contributed by atoms with Gasteiger partial charge in [0.2, 0.25) is 10.0 Å². The molecule has 0 aliphatic heterocycles. The zero-order chi connectivity index (χ0) is 14.4. The average Bonchev–Trinajstić information content (AvgIpc) is 2.24. The standard InChI is InChI=1S/C10H21F3N2O2S.ClH/c1-3-9(14,4-2)8-15-18(16,17)7-5-6-10(11,12)13;/h15H,3-8,14H2,1-2H3;1H. The lowest BCUT2D eigenvalue weighted by atomic mass is 9.95. The summed E-state index contributed by atoms with van der Waals surface area (Å²) in [4.78, 5) is 0. The fourth-order valence-electron chi connectivity index (χ4n) is 1.29. The highest BCUT2D eigenvalue weighted by molar-refractivity contribution is 7.89. The highest BCUT2D eigenvalue weighted by atomic mass is 35.5. The number of nitrogens with one attached hydrogen (secondary N) is 1. The van der Waals surface area contributed by atoms with Crippen molar-refractivity contribution >= 4 is 22.4 Å². The van der Waals surface area contributed by atoms with Crippen molar-refractivity contribution < 1.29 is 21.6 Å². The SMILES string of the molecule is CCC(N)(CC)CNS(=O)(=O)CCCC(F)(F)F.Cl. The van der Waals surface area contributed by atoms with Crippen LogP contribution in [0.2, 0.25) is 0 Å². The van der Waals surface area contributed by atoms with Gasteiger partial charge in [-0.15, -0.1) is 12.4 Å². The lowest BCUT2D eigenvalue weighted by Gasteiger charge is -2.26. The van der Waals surface area contributed by atoms with Crippen LogP contribution in [-0.2, 0) is 10.0 Å². The summed E-state index contributed by atoms with van der Waals surface area (Å²) < 4.78 is 60.8. The zero-order valence-corrected chi connectivity index (χ0v) is 12.7. The Labute approximate surface area is 118 Å². The Morgan fingerprint density at radius 3 is 2.00 bits per heavy atom. The number of hydrogen-bond donors (Lipinski definition) is 2. The number of sulfonamides is 1. The Balaban J connectivity index is 0. The first-order valence-electron chi connectivity index (χ1n) is 5.86. The van der Waals surface area contributed by atoms with Crippen LogP contribution in [0.25, 0.3) is 0 Å². The van der Waals surface area contributed by atoms with Crippen LogP contribution in [0.4, 0.5) is 13.2 Å². The average molecular weight is 327 g/mol. The molecule has 0 heterocycles. The third-order valence-corrected chi connectivity index (χ3v) is 4.34. The van der Waals surface area contributed by atoms with Crippen LogP contribution in [0, 0.1) is 0 Å². The molecule has 4 nitrogen and oxygen atoms in total. The van der Waals surface area contributed by atoms with Crippen LogP contribution < -0.4 is 10.5 Å². The summed E-state index contributed by atoms with van der Waals surface area (Å²) in [5.74, 6) is -0.532. The molecule has 118 valence electrons. The number of alkyl halides is 3. The summed E-state index contributed by atoms with van der Waals surface area (Å²) in [5.41, 5.74) is 5.25. The Morgan fingerprint density at radius 2 is 1.63 bits per heavy atom. The van der Waals surface area contributed by atoms with Gasteiger partial charge in [0.25, 0.3) is 0 Å². The fraction of sp³-hybridized carbons (Fsp3) is 1.00. The van der Waals surface area contributed by atoms with E-state index >= 15 is 0 Å². The number of halogens is 4. The summed E-state index contributed by atoms with van der Waals surface area (Å²) in [6.07, 6.45) is -4.67. The molecule has 0 rings (SSSR count). The summed E-state index contributed by atoms with van der Waals surface area (Å²) in [7, 11) is -3.69. The van der Waals surface area contributed by atoms with Crippen LogP contribution in [0.5, 0.6) is 0 Å². The molecule has 0 aromatic heterocycles. The van der Waals surface area contributed by atoms with E-state index in [0.29, 0.717) is 12.8 Å². The van der Waals surface area contributed by atoms with Gasteiger partial charge >= 0.3 is 6.18 Å². The van der Waals surface area contributed by atoms with E-state index in [1.165, 1.54) is 0 Å². The molecule has 0 atom stereocenters. The second-order valence-corrected chi connectivity index (χ2v) is 6.35. The third-order valence-electron chi connectivity index (χ3n) is 2.93. The summed E-state index contributed by atoms with van der Waals surface area (Å²) in [6.45, 7) is 3.72. The molecule has 0 fully saturated rings. The lowest BCUT2D eigenvalue weighted by molar-refractivity contribution is -0.134. The second kappa shape index (κ2) is 8.28. The van der Waals surface area contributed by atoms with E-state index in [9.17, 15) is 21.6 Å². The van der Waals surface area contributed by atoms with Gasteiger partial charge in [-0.2, -0.15) is 13.2 Å². The van der Waals surface area contributed by atoms with Crippen molar-refractivity contribution in [1.29, 1.82) is 0 Å². The van der Waals surface area contributed by atoms with Crippen molar-refractivity contribution in [3.05, 3.63) is 0 Å². The first-order chi connectivity index (χ1) is 8.04. The van der Waals surface area contributed by atoms with Crippen molar-refractivity contribution in [2.45, 2.75) is 51.2 Å². The van der Waals surface area contributed by atoms with E-state index in [4.69, 9.17) is 5.73 Å². The van der Waals surface area contributed by atoms with E-state index in [0.717, 1.165) is 0 Å². The molecular formula is C10H22ClF3N2O2S. The quantitative estimate of drug-likeness (QED) is 0.718. The maximum atomic E-state index is 11.9. The van der Waals surface area contributed by atoms with Crippen molar-refractivity contribution in [3.63, 3.8) is 0 Å². The lowest BCUT2D eigenvalue weighted by Crippen LogP contribution is -2.49.